The molecule has 1 fully saturated rings. The summed E-state index contributed by atoms with van der Waals surface area (Å²) in [6.07, 6.45) is 6.01. The lowest BCUT2D eigenvalue weighted by Gasteiger charge is -2.34. The highest BCUT2D eigenvalue weighted by molar-refractivity contribution is 7.92. The zero-order chi connectivity index (χ0) is 17.5. The summed E-state index contributed by atoms with van der Waals surface area (Å²) in [7, 11) is -3.46. The summed E-state index contributed by atoms with van der Waals surface area (Å²) in [6, 6.07) is 7.20. The van der Waals surface area contributed by atoms with Crippen molar-refractivity contribution in [2.45, 2.75) is 37.2 Å². The van der Waals surface area contributed by atoms with Gasteiger partial charge >= 0.3 is 0 Å². The Morgan fingerprint density at radius 2 is 1.79 bits per heavy atom. The minimum absolute atomic E-state index is 0.0356. The number of allylic oxidation sites excluding steroid dienone is 2. The molecule has 1 aliphatic carbocycles. The van der Waals surface area contributed by atoms with Gasteiger partial charge in [0.25, 0.3) is 0 Å². The van der Waals surface area contributed by atoms with Crippen molar-refractivity contribution in [2.75, 3.05) is 0 Å². The van der Waals surface area contributed by atoms with E-state index in [1.165, 1.54) is 0 Å². The van der Waals surface area contributed by atoms with Gasteiger partial charge in [0.15, 0.2) is 15.6 Å². The summed E-state index contributed by atoms with van der Waals surface area (Å²) in [5, 5.41) is -1.01. The number of benzene rings is 1. The van der Waals surface area contributed by atoms with Crippen molar-refractivity contribution >= 4 is 15.6 Å². The van der Waals surface area contributed by atoms with Gasteiger partial charge in [-0.05, 0) is 41.2 Å². The Kier molecular flexibility index (Phi) is 4.28. The van der Waals surface area contributed by atoms with Gasteiger partial charge < -0.3 is 0 Å². The van der Waals surface area contributed by atoms with E-state index in [-0.39, 0.29) is 35.2 Å². The highest BCUT2D eigenvalue weighted by Gasteiger charge is 2.49. The molecule has 0 N–H and O–H groups in total. The van der Waals surface area contributed by atoms with E-state index in [2.05, 4.69) is 20.1 Å². The highest BCUT2D eigenvalue weighted by Crippen LogP contribution is 2.52. The zero-order valence-electron chi connectivity index (χ0n) is 14.1. The third-order valence-electron chi connectivity index (χ3n) is 5.95. The molecule has 3 nitrogen and oxygen atoms in total. The van der Waals surface area contributed by atoms with Gasteiger partial charge in [-0.25, -0.2) is 8.42 Å². The minimum Gasteiger partial charge on any atom is -0.298 e. The lowest BCUT2D eigenvalue weighted by atomic mass is 9.69. The molecule has 0 radical (unpaired) electrons. The van der Waals surface area contributed by atoms with Crippen LogP contribution in [-0.2, 0) is 20.4 Å². The van der Waals surface area contributed by atoms with Crippen LogP contribution in [0.4, 0.5) is 0 Å². The Labute approximate surface area is 144 Å². The van der Waals surface area contributed by atoms with E-state index in [1.807, 2.05) is 18.2 Å². The van der Waals surface area contributed by atoms with Gasteiger partial charge in [0.05, 0.1) is 5.75 Å². The van der Waals surface area contributed by atoms with Crippen LogP contribution in [0.2, 0.25) is 0 Å². The molecule has 1 aromatic carbocycles. The number of carbonyl (C=O) groups is 1. The zero-order valence-corrected chi connectivity index (χ0v) is 14.9. The van der Waals surface area contributed by atoms with Crippen molar-refractivity contribution in [3.8, 4) is 0 Å². The van der Waals surface area contributed by atoms with Crippen LogP contribution < -0.4 is 0 Å². The van der Waals surface area contributed by atoms with Crippen LogP contribution >= 0.6 is 0 Å². The van der Waals surface area contributed by atoms with E-state index in [0.717, 1.165) is 18.4 Å². The second-order valence-electron chi connectivity index (χ2n) is 7.30. The Bertz CT molecular complexity index is 775. The number of hydrogen-bond donors (Lipinski definition) is 0. The quantitative estimate of drug-likeness (QED) is 0.758. The van der Waals surface area contributed by atoms with Crippen LogP contribution in [0.5, 0.6) is 0 Å². The average Bonchev–Trinajstić information content (AvgIpc) is 2.98. The Morgan fingerprint density at radius 3 is 2.38 bits per heavy atom. The average molecular weight is 344 g/mol. The fourth-order valence-corrected chi connectivity index (χ4v) is 6.55. The molecule has 4 atom stereocenters. The molecule has 0 saturated heterocycles. The molecule has 0 aromatic heterocycles. The van der Waals surface area contributed by atoms with Gasteiger partial charge in [-0.15, -0.1) is 13.2 Å². The number of ketones is 1. The largest absolute Gasteiger partial charge is 0.298 e. The lowest BCUT2D eigenvalue weighted by molar-refractivity contribution is -0.121. The summed E-state index contributed by atoms with van der Waals surface area (Å²) >= 11 is 0. The van der Waals surface area contributed by atoms with Crippen molar-refractivity contribution in [1.82, 2.24) is 0 Å². The molecule has 1 aliphatic heterocycles. The lowest BCUT2D eigenvalue weighted by Crippen LogP contribution is -2.32. The van der Waals surface area contributed by atoms with Crippen molar-refractivity contribution < 1.29 is 13.2 Å². The van der Waals surface area contributed by atoms with E-state index >= 15 is 0 Å². The van der Waals surface area contributed by atoms with Crippen LogP contribution in [0.1, 0.15) is 42.6 Å². The molecule has 2 unspecified atom stereocenters. The fraction of sp³-hybridized carbons (Fsp3) is 0.450. The maximum Gasteiger partial charge on any atom is 0.168 e. The first-order valence-corrected chi connectivity index (χ1v) is 10.1. The number of carbonyl (C=O) groups excluding carboxylic acids is 1. The predicted molar refractivity (Wildman–Crippen MR) is 96.1 cm³/mol. The summed E-state index contributed by atoms with van der Waals surface area (Å²) in [4.78, 5) is 13.1. The van der Waals surface area contributed by atoms with Gasteiger partial charge in [0, 0.05) is 6.42 Å². The third kappa shape index (κ3) is 2.57. The maximum absolute atomic E-state index is 13.1. The van der Waals surface area contributed by atoms with E-state index in [0.29, 0.717) is 5.56 Å². The second-order valence-corrected chi connectivity index (χ2v) is 9.38. The van der Waals surface area contributed by atoms with Crippen LogP contribution in [0.15, 0.2) is 49.6 Å². The van der Waals surface area contributed by atoms with Crippen LogP contribution in [0, 0.1) is 17.3 Å². The molecule has 24 heavy (non-hydrogen) atoms. The number of hydrogen-bond acceptors (Lipinski definition) is 3. The van der Waals surface area contributed by atoms with Gasteiger partial charge in [-0.2, -0.15) is 0 Å². The molecular formula is C20H24O3S. The van der Waals surface area contributed by atoms with E-state index in [4.69, 9.17) is 0 Å². The molecule has 0 bridgehead atoms. The van der Waals surface area contributed by atoms with Crippen molar-refractivity contribution in [3.05, 3.63) is 60.7 Å². The second kappa shape index (κ2) is 5.99. The molecule has 2 aliphatic rings. The van der Waals surface area contributed by atoms with Gasteiger partial charge in [0.1, 0.15) is 5.25 Å². The molecular weight excluding hydrogens is 320 g/mol. The monoisotopic (exact) mass is 344 g/mol. The van der Waals surface area contributed by atoms with Crippen molar-refractivity contribution in [1.29, 1.82) is 0 Å². The Hall–Kier alpha value is -1.68. The first-order valence-electron chi connectivity index (χ1n) is 8.40. The smallest absolute Gasteiger partial charge is 0.168 e. The first-order chi connectivity index (χ1) is 11.3. The third-order valence-corrected chi connectivity index (χ3v) is 7.90. The fourth-order valence-electron chi connectivity index (χ4n) is 4.59. The van der Waals surface area contributed by atoms with Crippen LogP contribution in [-0.4, -0.2) is 14.2 Å². The molecule has 1 saturated carbocycles. The van der Waals surface area contributed by atoms with Gasteiger partial charge in [-0.3, -0.25) is 4.79 Å². The molecule has 1 aromatic rings. The first kappa shape index (κ1) is 17.2. The number of fused-ring (bicyclic) bond motifs is 1. The van der Waals surface area contributed by atoms with E-state index < -0.39 is 15.1 Å². The standard InChI is InChI=1S/C20H24O3S/c1-4-15-10-11-16(5-2)20(15,3)12-18(21)19-17-9-7-6-8-14(17)13-24(19,22)23/h4-9,15-16,19H,1-2,10-13H2,3H3/t15-,16+,19?,20?. The Morgan fingerprint density at radius 1 is 1.21 bits per heavy atom. The van der Waals surface area contributed by atoms with E-state index in [1.54, 1.807) is 18.2 Å². The van der Waals surface area contributed by atoms with Crippen molar-refractivity contribution in [3.63, 3.8) is 0 Å². The molecule has 4 heteroatoms. The summed E-state index contributed by atoms with van der Waals surface area (Å²) < 4.78 is 25.2. The Balaban J connectivity index is 1.95. The van der Waals surface area contributed by atoms with Crippen molar-refractivity contribution in [2.24, 2.45) is 17.3 Å². The van der Waals surface area contributed by atoms with Gasteiger partial charge in [-0.1, -0.05) is 43.3 Å². The topological polar surface area (TPSA) is 51.2 Å². The minimum atomic E-state index is -3.46. The molecule has 1 heterocycles. The summed E-state index contributed by atoms with van der Waals surface area (Å²) in [5.74, 6) is 0.196. The number of rotatable bonds is 5. The molecule has 3 rings (SSSR count). The predicted octanol–water partition coefficient (Wildman–Crippen LogP) is 4.02. The van der Waals surface area contributed by atoms with Crippen LogP contribution in [0.3, 0.4) is 0 Å². The molecule has 128 valence electrons. The van der Waals surface area contributed by atoms with Gasteiger partial charge in [0.2, 0.25) is 0 Å². The number of Topliss-reactive ketones (excluding diaryl/α,β-unsaturated/α-hetero) is 1. The molecule has 0 spiro atoms. The highest BCUT2D eigenvalue weighted by atomic mass is 32.2. The summed E-state index contributed by atoms with van der Waals surface area (Å²) in [6.45, 7) is 9.90. The SMILES string of the molecule is C=C[C@@H]1CC[C@H](C=C)C1(C)CC(=O)C1c2ccccc2CS1(=O)=O. The van der Waals surface area contributed by atoms with E-state index in [9.17, 15) is 13.2 Å². The van der Waals surface area contributed by atoms with Crippen LogP contribution in [0.25, 0.3) is 0 Å². The number of sulfone groups is 1. The molecule has 0 amide bonds. The summed E-state index contributed by atoms with van der Waals surface area (Å²) in [5.41, 5.74) is 1.12. The normalized spacial score (nSPS) is 33.8. The maximum atomic E-state index is 13.1.